The highest BCUT2D eigenvalue weighted by Crippen LogP contribution is 2.21. The Morgan fingerprint density at radius 1 is 1.31 bits per heavy atom. The minimum atomic E-state index is -4.45. The lowest BCUT2D eigenvalue weighted by Gasteiger charge is -2.09. The topological polar surface area (TPSA) is 29.1 Å². The van der Waals surface area contributed by atoms with Crippen LogP contribution >= 0.6 is 23.2 Å². The van der Waals surface area contributed by atoms with Crippen LogP contribution in [-0.2, 0) is 0 Å². The van der Waals surface area contributed by atoms with Crippen LogP contribution in [0.3, 0.4) is 0 Å². The molecule has 0 radical (unpaired) electrons. The molecule has 0 aromatic heterocycles. The van der Waals surface area contributed by atoms with Crippen molar-refractivity contribution >= 4 is 29.1 Å². The van der Waals surface area contributed by atoms with Crippen molar-refractivity contribution in [3.8, 4) is 0 Å². The summed E-state index contributed by atoms with van der Waals surface area (Å²) in [5, 5.41) is 2.02. The summed E-state index contributed by atoms with van der Waals surface area (Å²) in [5.74, 6) is -0.890. The largest absolute Gasteiger partial charge is 0.405 e. The van der Waals surface area contributed by atoms with Crippen LogP contribution in [0.1, 0.15) is 10.4 Å². The van der Waals surface area contributed by atoms with E-state index in [1.807, 2.05) is 0 Å². The minimum Gasteiger partial charge on any atom is -0.343 e. The lowest BCUT2D eigenvalue weighted by molar-refractivity contribution is -0.123. The van der Waals surface area contributed by atoms with Crippen molar-refractivity contribution < 1.29 is 18.0 Å². The standard InChI is InChI=1S/C9H6Cl2F3NO/c10-5-1-2-6(7(11)3-5)8(16)15-4-9(12,13)14/h1-3H,4H2,(H,15,16). The zero-order chi connectivity index (χ0) is 12.3. The molecule has 0 saturated carbocycles. The van der Waals surface area contributed by atoms with Gasteiger partial charge in [0, 0.05) is 5.02 Å². The summed E-state index contributed by atoms with van der Waals surface area (Å²) in [4.78, 5) is 11.3. The summed E-state index contributed by atoms with van der Waals surface area (Å²) in [6.07, 6.45) is -4.45. The van der Waals surface area contributed by atoms with Gasteiger partial charge in [-0.3, -0.25) is 4.79 Å². The fourth-order valence-electron chi connectivity index (χ4n) is 0.949. The van der Waals surface area contributed by atoms with Crippen molar-refractivity contribution in [2.24, 2.45) is 0 Å². The Balaban J connectivity index is 2.74. The molecule has 0 saturated heterocycles. The van der Waals surface area contributed by atoms with Crippen LogP contribution in [0.15, 0.2) is 18.2 Å². The second-order valence-corrected chi connectivity index (χ2v) is 3.77. The van der Waals surface area contributed by atoms with Crippen molar-refractivity contribution in [1.29, 1.82) is 0 Å². The number of rotatable bonds is 2. The van der Waals surface area contributed by atoms with Gasteiger partial charge in [0.05, 0.1) is 10.6 Å². The Morgan fingerprint density at radius 2 is 1.94 bits per heavy atom. The smallest absolute Gasteiger partial charge is 0.343 e. The molecule has 0 spiro atoms. The maximum Gasteiger partial charge on any atom is 0.405 e. The van der Waals surface area contributed by atoms with E-state index in [1.54, 1.807) is 5.32 Å². The summed E-state index contributed by atoms with van der Waals surface area (Å²) in [5.41, 5.74) is -0.0460. The van der Waals surface area contributed by atoms with Gasteiger partial charge in [-0.1, -0.05) is 23.2 Å². The molecule has 7 heteroatoms. The van der Waals surface area contributed by atoms with Gasteiger partial charge >= 0.3 is 6.18 Å². The maximum atomic E-state index is 11.8. The van der Waals surface area contributed by atoms with Gasteiger partial charge in [-0.25, -0.2) is 0 Å². The zero-order valence-electron chi connectivity index (χ0n) is 7.74. The van der Waals surface area contributed by atoms with E-state index in [-0.39, 0.29) is 10.6 Å². The van der Waals surface area contributed by atoms with E-state index in [1.165, 1.54) is 18.2 Å². The van der Waals surface area contributed by atoms with E-state index in [0.717, 1.165) is 0 Å². The van der Waals surface area contributed by atoms with Crippen LogP contribution in [0, 0.1) is 0 Å². The summed E-state index contributed by atoms with van der Waals surface area (Å²) in [6, 6.07) is 3.91. The molecule has 88 valence electrons. The monoisotopic (exact) mass is 271 g/mol. The number of carbonyl (C=O) groups excluding carboxylic acids is 1. The molecule has 1 aromatic rings. The fraction of sp³-hybridized carbons (Fsp3) is 0.222. The number of nitrogens with one attached hydrogen (secondary N) is 1. The van der Waals surface area contributed by atoms with Crippen molar-refractivity contribution in [3.05, 3.63) is 33.8 Å². The molecule has 1 N–H and O–H groups in total. The highest BCUT2D eigenvalue weighted by molar-refractivity contribution is 6.36. The number of benzene rings is 1. The first-order chi connectivity index (χ1) is 7.29. The average Bonchev–Trinajstić information content (AvgIpc) is 2.13. The van der Waals surface area contributed by atoms with Crippen molar-refractivity contribution in [3.63, 3.8) is 0 Å². The van der Waals surface area contributed by atoms with Crippen LogP contribution in [0.2, 0.25) is 10.0 Å². The first-order valence-corrected chi connectivity index (χ1v) is 4.85. The molecule has 1 amide bonds. The molecule has 1 rings (SSSR count). The lowest BCUT2D eigenvalue weighted by Crippen LogP contribution is -2.33. The number of hydrogen-bond acceptors (Lipinski definition) is 1. The molecular formula is C9H6Cl2F3NO. The van der Waals surface area contributed by atoms with Crippen molar-refractivity contribution in [2.45, 2.75) is 6.18 Å². The highest BCUT2D eigenvalue weighted by Gasteiger charge is 2.28. The van der Waals surface area contributed by atoms with Crippen LogP contribution in [0.25, 0.3) is 0 Å². The SMILES string of the molecule is O=C(NCC(F)(F)F)c1ccc(Cl)cc1Cl. The van der Waals surface area contributed by atoms with Gasteiger partial charge in [-0.05, 0) is 18.2 Å². The number of halogens is 5. The van der Waals surface area contributed by atoms with Crippen LogP contribution in [0.4, 0.5) is 13.2 Å². The normalized spacial score (nSPS) is 11.3. The van der Waals surface area contributed by atoms with E-state index < -0.39 is 18.6 Å². The fourth-order valence-corrected chi connectivity index (χ4v) is 1.44. The molecule has 1 aromatic carbocycles. The van der Waals surface area contributed by atoms with Crippen LogP contribution < -0.4 is 5.32 Å². The zero-order valence-corrected chi connectivity index (χ0v) is 9.25. The third kappa shape index (κ3) is 3.90. The molecule has 0 bridgehead atoms. The third-order valence-electron chi connectivity index (χ3n) is 1.63. The molecule has 0 heterocycles. The van der Waals surface area contributed by atoms with E-state index in [9.17, 15) is 18.0 Å². The molecule has 0 fully saturated rings. The Hall–Kier alpha value is -0.940. The maximum absolute atomic E-state index is 11.8. The summed E-state index contributed by atoms with van der Waals surface area (Å²) >= 11 is 11.2. The van der Waals surface area contributed by atoms with Gasteiger partial charge in [-0.15, -0.1) is 0 Å². The molecule has 0 aliphatic heterocycles. The summed E-state index contributed by atoms with van der Waals surface area (Å²) in [7, 11) is 0. The minimum absolute atomic E-state index is 0.00664. The second kappa shape index (κ2) is 4.93. The quantitative estimate of drug-likeness (QED) is 0.879. The van der Waals surface area contributed by atoms with Gasteiger partial charge in [0.1, 0.15) is 6.54 Å². The first kappa shape index (κ1) is 13.1. The second-order valence-electron chi connectivity index (χ2n) is 2.92. The summed E-state index contributed by atoms with van der Waals surface area (Å²) < 4.78 is 35.5. The van der Waals surface area contributed by atoms with Crippen LogP contribution in [-0.4, -0.2) is 18.6 Å². The first-order valence-electron chi connectivity index (χ1n) is 4.09. The van der Waals surface area contributed by atoms with E-state index in [2.05, 4.69) is 0 Å². The Labute approximate surface area is 99.3 Å². The number of alkyl halides is 3. The molecular weight excluding hydrogens is 266 g/mol. The number of carbonyl (C=O) groups is 1. The van der Waals surface area contributed by atoms with Gasteiger partial charge < -0.3 is 5.32 Å². The Kier molecular flexibility index (Phi) is 4.04. The molecule has 0 aliphatic carbocycles. The predicted molar refractivity (Wildman–Crippen MR) is 54.9 cm³/mol. The third-order valence-corrected chi connectivity index (χ3v) is 2.17. The lowest BCUT2D eigenvalue weighted by atomic mass is 10.2. The van der Waals surface area contributed by atoms with Gasteiger partial charge in [0.15, 0.2) is 0 Å². The van der Waals surface area contributed by atoms with Crippen molar-refractivity contribution in [2.75, 3.05) is 6.54 Å². The predicted octanol–water partition coefficient (Wildman–Crippen LogP) is 3.29. The van der Waals surface area contributed by atoms with E-state index in [0.29, 0.717) is 5.02 Å². The average molecular weight is 272 g/mol. The van der Waals surface area contributed by atoms with Crippen LogP contribution in [0.5, 0.6) is 0 Å². The Morgan fingerprint density at radius 3 is 2.44 bits per heavy atom. The molecule has 0 atom stereocenters. The van der Waals surface area contributed by atoms with E-state index >= 15 is 0 Å². The van der Waals surface area contributed by atoms with Gasteiger partial charge in [-0.2, -0.15) is 13.2 Å². The number of amides is 1. The highest BCUT2D eigenvalue weighted by atomic mass is 35.5. The van der Waals surface area contributed by atoms with Gasteiger partial charge in [0.2, 0.25) is 0 Å². The molecule has 2 nitrogen and oxygen atoms in total. The van der Waals surface area contributed by atoms with Gasteiger partial charge in [0.25, 0.3) is 5.91 Å². The summed E-state index contributed by atoms with van der Waals surface area (Å²) in [6.45, 7) is -1.40. The van der Waals surface area contributed by atoms with Crippen molar-refractivity contribution in [1.82, 2.24) is 5.32 Å². The van der Waals surface area contributed by atoms with E-state index in [4.69, 9.17) is 23.2 Å². The molecule has 0 aliphatic rings. The number of hydrogen-bond donors (Lipinski definition) is 1. The molecule has 0 unspecified atom stereocenters. The Bertz CT molecular complexity index is 406. The molecule has 16 heavy (non-hydrogen) atoms.